The Hall–Kier alpha value is -3.09. The number of amides is 2. The van der Waals surface area contributed by atoms with Crippen LogP contribution in [0.2, 0.25) is 0 Å². The van der Waals surface area contributed by atoms with Crippen molar-refractivity contribution >= 4 is 17.8 Å². The molecule has 1 aliphatic carbocycles. The van der Waals surface area contributed by atoms with Crippen molar-refractivity contribution in [2.24, 2.45) is 5.92 Å². The van der Waals surface area contributed by atoms with Gasteiger partial charge in [0.05, 0.1) is 6.54 Å². The van der Waals surface area contributed by atoms with Gasteiger partial charge in [-0.1, -0.05) is 25.0 Å². The number of hydrogen-bond donors (Lipinski definition) is 2. The van der Waals surface area contributed by atoms with E-state index in [4.69, 9.17) is 9.52 Å². The van der Waals surface area contributed by atoms with E-state index < -0.39 is 5.97 Å². The van der Waals surface area contributed by atoms with Crippen LogP contribution < -0.4 is 5.32 Å². The molecule has 7 nitrogen and oxygen atoms in total. The highest BCUT2D eigenvalue weighted by molar-refractivity contribution is 5.94. The lowest BCUT2D eigenvalue weighted by atomic mass is 10.1. The molecule has 2 aromatic rings. The molecule has 1 heterocycles. The number of carbonyl (C=O) groups is 3. The van der Waals surface area contributed by atoms with Gasteiger partial charge in [-0.15, -0.1) is 0 Å². The molecule has 0 bridgehead atoms. The first-order chi connectivity index (χ1) is 13.8. The Morgan fingerprint density at radius 1 is 1.17 bits per heavy atom. The molecule has 7 heteroatoms. The Bertz CT molecular complexity index is 894. The third-order valence-corrected chi connectivity index (χ3v) is 5.33. The summed E-state index contributed by atoms with van der Waals surface area (Å²) in [5.41, 5.74) is 1.55. The number of benzene rings is 1. The van der Waals surface area contributed by atoms with Gasteiger partial charge in [-0.05, 0) is 43.5 Å². The fourth-order valence-corrected chi connectivity index (χ4v) is 3.65. The summed E-state index contributed by atoms with van der Waals surface area (Å²) in [5, 5.41) is 12.1. The van der Waals surface area contributed by atoms with Gasteiger partial charge in [0.25, 0.3) is 5.91 Å². The van der Waals surface area contributed by atoms with Crippen LogP contribution in [0.15, 0.2) is 34.7 Å². The molecule has 1 aromatic carbocycles. The fourth-order valence-electron chi connectivity index (χ4n) is 3.65. The lowest BCUT2D eigenvalue weighted by Crippen LogP contribution is -2.29. The molecule has 0 spiro atoms. The van der Waals surface area contributed by atoms with Gasteiger partial charge in [-0.2, -0.15) is 0 Å². The van der Waals surface area contributed by atoms with Crippen LogP contribution >= 0.6 is 0 Å². The normalized spacial score (nSPS) is 14.0. The van der Waals surface area contributed by atoms with Crippen LogP contribution in [0.5, 0.6) is 0 Å². The minimum atomic E-state index is -1.05. The predicted octanol–water partition coefficient (Wildman–Crippen LogP) is 3.36. The average molecular weight is 398 g/mol. The molecule has 29 heavy (non-hydrogen) atoms. The van der Waals surface area contributed by atoms with Gasteiger partial charge < -0.3 is 19.7 Å². The highest BCUT2D eigenvalue weighted by Crippen LogP contribution is 2.24. The number of rotatable bonds is 7. The maximum atomic E-state index is 12.6. The van der Waals surface area contributed by atoms with Gasteiger partial charge in [0, 0.05) is 25.1 Å². The Morgan fingerprint density at radius 2 is 1.83 bits per heavy atom. The molecule has 1 aromatic heterocycles. The largest absolute Gasteiger partial charge is 0.478 e. The number of hydrogen-bond acceptors (Lipinski definition) is 4. The maximum Gasteiger partial charge on any atom is 0.339 e. The SMILES string of the molecule is Cc1oc(CN(C)C(=O)c2ccc(CNC(=O)C3CCCC3)cc2)cc1C(=O)O. The van der Waals surface area contributed by atoms with E-state index in [2.05, 4.69) is 5.32 Å². The highest BCUT2D eigenvalue weighted by atomic mass is 16.4. The van der Waals surface area contributed by atoms with Crippen molar-refractivity contribution in [2.75, 3.05) is 7.05 Å². The molecule has 3 rings (SSSR count). The highest BCUT2D eigenvalue weighted by Gasteiger charge is 2.22. The van der Waals surface area contributed by atoms with Crippen LogP contribution in [-0.2, 0) is 17.9 Å². The monoisotopic (exact) mass is 398 g/mol. The van der Waals surface area contributed by atoms with E-state index in [0.717, 1.165) is 31.2 Å². The zero-order valence-electron chi connectivity index (χ0n) is 16.7. The topological polar surface area (TPSA) is 99.9 Å². The van der Waals surface area contributed by atoms with E-state index in [1.165, 1.54) is 11.0 Å². The number of aromatic carboxylic acids is 1. The number of nitrogens with one attached hydrogen (secondary N) is 1. The van der Waals surface area contributed by atoms with E-state index in [0.29, 0.717) is 23.6 Å². The van der Waals surface area contributed by atoms with Crippen molar-refractivity contribution in [2.45, 2.75) is 45.7 Å². The second-order valence-electron chi connectivity index (χ2n) is 7.55. The predicted molar refractivity (Wildman–Crippen MR) is 106 cm³/mol. The molecule has 1 aliphatic rings. The molecule has 1 fully saturated rings. The molecule has 0 radical (unpaired) electrons. The van der Waals surface area contributed by atoms with E-state index in [9.17, 15) is 14.4 Å². The number of nitrogens with zero attached hydrogens (tertiary/aromatic N) is 1. The third-order valence-electron chi connectivity index (χ3n) is 5.33. The van der Waals surface area contributed by atoms with Crippen molar-refractivity contribution in [3.05, 3.63) is 58.5 Å². The minimum Gasteiger partial charge on any atom is -0.478 e. The Morgan fingerprint density at radius 3 is 2.41 bits per heavy atom. The van der Waals surface area contributed by atoms with E-state index in [-0.39, 0.29) is 29.8 Å². The summed E-state index contributed by atoms with van der Waals surface area (Å²) in [6.07, 6.45) is 4.18. The average Bonchev–Trinajstić information content (AvgIpc) is 3.36. The molecule has 154 valence electrons. The van der Waals surface area contributed by atoms with Gasteiger partial charge in [0.15, 0.2) is 0 Å². The summed E-state index contributed by atoms with van der Waals surface area (Å²) in [6, 6.07) is 8.56. The standard InChI is InChI=1S/C22H26N2O5/c1-14-19(22(27)28)11-18(29-14)13-24(2)21(26)17-9-7-15(8-10-17)12-23-20(25)16-5-3-4-6-16/h7-11,16H,3-6,12-13H2,1-2H3,(H,23,25)(H,27,28). The van der Waals surface area contributed by atoms with Crippen molar-refractivity contribution in [3.8, 4) is 0 Å². The summed E-state index contributed by atoms with van der Waals surface area (Å²) >= 11 is 0. The number of aryl methyl sites for hydroxylation is 1. The molecule has 1 saturated carbocycles. The lowest BCUT2D eigenvalue weighted by molar-refractivity contribution is -0.124. The molecule has 2 amide bonds. The van der Waals surface area contributed by atoms with Crippen molar-refractivity contribution in [1.82, 2.24) is 10.2 Å². The third kappa shape index (κ3) is 5.04. The summed E-state index contributed by atoms with van der Waals surface area (Å²) in [5.74, 6) is -0.271. The smallest absolute Gasteiger partial charge is 0.339 e. The minimum absolute atomic E-state index is 0.102. The van der Waals surface area contributed by atoms with Crippen LogP contribution in [0.3, 0.4) is 0 Å². The molecule has 0 atom stereocenters. The Labute approximate surface area is 169 Å². The molecule has 0 unspecified atom stereocenters. The lowest BCUT2D eigenvalue weighted by Gasteiger charge is -2.16. The number of carbonyl (C=O) groups excluding carboxylic acids is 2. The van der Waals surface area contributed by atoms with Gasteiger partial charge in [-0.25, -0.2) is 4.79 Å². The van der Waals surface area contributed by atoms with Gasteiger partial charge in [0.1, 0.15) is 17.1 Å². The van der Waals surface area contributed by atoms with Crippen molar-refractivity contribution < 1.29 is 23.9 Å². The van der Waals surface area contributed by atoms with Crippen molar-refractivity contribution in [3.63, 3.8) is 0 Å². The molecule has 2 N–H and O–H groups in total. The van der Waals surface area contributed by atoms with Crippen LogP contribution in [0.25, 0.3) is 0 Å². The van der Waals surface area contributed by atoms with Crippen LogP contribution in [-0.4, -0.2) is 34.8 Å². The summed E-state index contributed by atoms with van der Waals surface area (Å²) < 4.78 is 5.43. The van der Waals surface area contributed by atoms with E-state index in [1.54, 1.807) is 26.1 Å². The van der Waals surface area contributed by atoms with Crippen molar-refractivity contribution in [1.29, 1.82) is 0 Å². The Balaban J connectivity index is 1.55. The molecule has 0 aliphatic heterocycles. The molecular formula is C22H26N2O5. The number of carboxylic acid groups (broad SMARTS) is 1. The quantitative estimate of drug-likeness (QED) is 0.745. The first-order valence-electron chi connectivity index (χ1n) is 9.80. The van der Waals surface area contributed by atoms with E-state index in [1.807, 2.05) is 12.1 Å². The zero-order chi connectivity index (χ0) is 21.0. The second-order valence-corrected chi connectivity index (χ2v) is 7.55. The summed E-state index contributed by atoms with van der Waals surface area (Å²) in [7, 11) is 1.64. The van der Waals surface area contributed by atoms with Crippen LogP contribution in [0, 0.1) is 12.8 Å². The fraction of sp³-hybridized carbons (Fsp3) is 0.409. The van der Waals surface area contributed by atoms with Gasteiger partial charge in [-0.3, -0.25) is 9.59 Å². The van der Waals surface area contributed by atoms with Crippen LogP contribution in [0.4, 0.5) is 0 Å². The number of furan rings is 1. The molecule has 0 saturated heterocycles. The van der Waals surface area contributed by atoms with Gasteiger partial charge >= 0.3 is 5.97 Å². The first kappa shape index (κ1) is 20.6. The Kier molecular flexibility index (Phi) is 6.36. The maximum absolute atomic E-state index is 12.6. The summed E-state index contributed by atoms with van der Waals surface area (Å²) in [4.78, 5) is 37.3. The van der Waals surface area contributed by atoms with Gasteiger partial charge in [0.2, 0.25) is 5.91 Å². The first-order valence-corrected chi connectivity index (χ1v) is 9.80. The second kappa shape index (κ2) is 8.94. The zero-order valence-corrected chi connectivity index (χ0v) is 16.7. The van der Waals surface area contributed by atoms with E-state index >= 15 is 0 Å². The van der Waals surface area contributed by atoms with Crippen LogP contribution in [0.1, 0.15) is 63.5 Å². The molecular weight excluding hydrogens is 372 g/mol. The summed E-state index contributed by atoms with van der Waals surface area (Å²) in [6.45, 7) is 2.20. The number of carboxylic acids is 1.